The van der Waals surface area contributed by atoms with E-state index in [1.807, 2.05) is 0 Å². The maximum Gasteiger partial charge on any atom is 0.310 e. The van der Waals surface area contributed by atoms with E-state index in [0.29, 0.717) is 19.1 Å². The molecule has 0 radical (unpaired) electrons. The van der Waals surface area contributed by atoms with E-state index in [1.54, 1.807) is 0 Å². The Balaban J connectivity index is 1.89. The molecule has 0 bridgehead atoms. The number of aliphatic carboxylic acids is 1. The van der Waals surface area contributed by atoms with E-state index in [4.69, 9.17) is 4.74 Å². The van der Waals surface area contributed by atoms with Crippen LogP contribution in [-0.4, -0.2) is 24.3 Å². The van der Waals surface area contributed by atoms with E-state index in [0.717, 1.165) is 12.8 Å². The van der Waals surface area contributed by atoms with Crippen LogP contribution >= 0.6 is 0 Å². The Morgan fingerprint density at radius 3 is 2.13 bits per heavy atom. The third kappa shape index (κ3) is 1.07. The average molecular weight is 210 g/mol. The Morgan fingerprint density at radius 1 is 1.20 bits per heavy atom. The molecule has 84 valence electrons. The van der Waals surface area contributed by atoms with Crippen molar-refractivity contribution in [1.82, 2.24) is 0 Å². The predicted molar refractivity (Wildman–Crippen MR) is 54.5 cm³/mol. The van der Waals surface area contributed by atoms with Crippen LogP contribution in [0.5, 0.6) is 0 Å². The molecule has 1 heterocycles. The van der Waals surface area contributed by atoms with Crippen molar-refractivity contribution in [3.8, 4) is 0 Å². The first-order chi connectivity index (χ1) is 7.21. The fraction of sp³-hybridized carbons (Fsp3) is 0.917. The van der Waals surface area contributed by atoms with Crippen LogP contribution in [0.15, 0.2) is 0 Å². The zero-order valence-electron chi connectivity index (χ0n) is 9.00. The topological polar surface area (TPSA) is 46.5 Å². The van der Waals surface area contributed by atoms with Gasteiger partial charge in [-0.2, -0.15) is 0 Å². The van der Waals surface area contributed by atoms with E-state index in [-0.39, 0.29) is 5.41 Å². The van der Waals surface area contributed by atoms with Crippen molar-refractivity contribution in [2.75, 3.05) is 13.2 Å². The zero-order valence-corrected chi connectivity index (χ0v) is 9.00. The number of carbonyl (C=O) groups is 1. The Morgan fingerprint density at radius 2 is 1.80 bits per heavy atom. The molecule has 3 rings (SSSR count). The lowest BCUT2D eigenvalue weighted by Crippen LogP contribution is -2.56. The molecule has 3 aliphatic rings. The van der Waals surface area contributed by atoms with Gasteiger partial charge in [0, 0.05) is 5.41 Å². The van der Waals surface area contributed by atoms with Gasteiger partial charge in [-0.3, -0.25) is 4.79 Å². The van der Waals surface area contributed by atoms with Gasteiger partial charge in [-0.05, 0) is 31.6 Å². The molecule has 0 spiro atoms. The SMILES string of the molecule is O=C(O)C1(C2(C3CCCC3)COC2)CC1. The summed E-state index contributed by atoms with van der Waals surface area (Å²) in [5.74, 6) is 0.0440. The molecule has 2 aliphatic carbocycles. The summed E-state index contributed by atoms with van der Waals surface area (Å²) in [5, 5.41) is 9.41. The van der Waals surface area contributed by atoms with Gasteiger partial charge in [0.05, 0.1) is 18.6 Å². The van der Waals surface area contributed by atoms with Crippen molar-refractivity contribution in [3.05, 3.63) is 0 Å². The summed E-state index contributed by atoms with van der Waals surface area (Å²) >= 11 is 0. The second-order valence-electron chi connectivity index (χ2n) is 5.52. The van der Waals surface area contributed by atoms with Crippen LogP contribution in [0.4, 0.5) is 0 Å². The molecule has 0 aromatic heterocycles. The van der Waals surface area contributed by atoms with Crippen LogP contribution in [-0.2, 0) is 9.53 Å². The van der Waals surface area contributed by atoms with E-state index in [1.165, 1.54) is 25.7 Å². The first-order valence-corrected chi connectivity index (χ1v) is 6.02. The summed E-state index contributed by atoms with van der Waals surface area (Å²) in [6, 6.07) is 0. The van der Waals surface area contributed by atoms with E-state index in [2.05, 4.69) is 0 Å². The number of hydrogen-bond acceptors (Lipinski definition) is 2. The monoisotopic (exact) mass is 210 g/mol. The Bertz CT molecular complexity index is 283. The van der Waals surface area contributed by atoms with Crippen LogP contribution in [0.2, 0.25) is 0 Å². The van der Waals surface area contributed by atoms with Gasteiger partial charge in [0.2, 0.25) is 0 Å². The summed E-state index contributed by atoms with van der Waals surface area (Å²) in [6.07, 6.45) is 6.76. The molecule has 3 fully saturated rings. The first-order valence-electron chi connectivity index (χ1n) is 6.02. The van der Waals surface area contributed by atoms with Gasteiger partial charge in [-0.25, -0.2) is 0 Å². The smallest absolute Gasteiger partial charge is 0.310 e. The highest BCUT2D eigenvalue weighted by molar-refractivity contribution is 5.79. The quantitative estimate of drug-likeness (QED) is 0.775. The fourth-order valence-electron chi connectivity index (χ4n) is 3.75. The first kappa shape index (κ1) is 9.64. The molecular weight excluding hydrogens is 192 g/mol. The largest absolute Gasteiger partial charge is 0.481 e. The van der Waals surface area contributed by atoms with Crippen molar-refractivity contribution in [1.29, 1.82) is 0 Å². The van der Waals surface area contributed by atoms with Crippen molar-refractivity contribution < 1.29 is 14.6 Å². The predicted octanol–water partition coefficient (Wildman–Crippen LogP) is 2.06. The number of ether oxygens (including phenoxy) is 1. The summed E-state index contributed by atoms with van der Waals surface area (Å²) in [4.78, 5) is 11.4. The second-order valence-corrected chi connectivity index (χ2v) is 5.52. The molecule has 1 aliphatic heterocycles. The van der Waals surface area contributed by atoms with Crippen molar-refractivity contribution >= 4 is 5.97 Å². The minimum Gasteiger partial charge on any atom is -0.481 e. The van der Waals surface area contributed by atoms with Crippen molar-refractivity contribution in [2.45, 2.75) is 38.5 Å². The highest BCUT2D eigenvalue weighted by Crippen LogP contribution is 2.67. The van der Waals surface area contributed by atoms with Crippen LogP contribution in [0.1, 0.15) is 38.5 Å². The van der Waals surface area contributed by atoms with Gasteiger partial charge in [-0.1, -0.05) is 12.8 Å². The number of hydrogen-bond donors (Lipinski definition) is 1. The normalized spacial score (nSPS) is 32.3. The van der Waals surface area contributed by atoms with Crippen molar-refractivity contribution in [2.24, 2.45) is 16.7 Å². The van der Waals surface area contributed by atoms with Gasteiger partial charge in [-0.15, -0.1) is 0 Å². The molecule has 3 heteroatoms. The molecule has 3 nitrogen and oxygen atoms in total. The van der Waals surface area contributed by atoms with Crippen molar-refractivity contribution in [3.63, 3.8) is 0 Å². The second kappa shape index (κ2) is 2.97. The van der Waals surface area contributed by atoms with E-state index < -0.39 is 11.4 Å². The molecule has 0 aromatic carbocycles. The molecular formula is C12H18O3. The summed E-state index contributed by atoms with van der Waals surface area (Å²) in [7, 11) is 0. The fourth-order valence-corrected chi connectivity index (χ4v) is 3.75. The van der Waals surface area contributed by atoms with Crippen LogP contribution in [0.3, 0.4) is 0 Å². The average Bonchev–Trinajstić information content (AvgIpc) is 2.74. The summed E-state index contributed by atoms with van der Waals surface area (Å²) in [5.41, 5.74) is -0.393. The molecule has 15 heavy (non-hydrogen) atoms. The summed E-state index contributed by atoms with van der Waals surface area (Å²) < 4.78 is 5.36. The third-order valence-electron chi connectivity index (χ3n) is 4.97. The number of carboxylic acids is 1. The van der Waals surface area contributed by atoms with E-state index in [9.17, 15) is 9.90 Å². The van der Waals surface area contributed by atoms with Crippen LogP contribution in [0, 0.1) is 16.7 Å². The van der Waals surface area contributed by atoms with Crippen LogP contribution in [0.25, 0.3) is 0 Å². The highest BCUT2D eigenvalue weighted by atomic mass is 16.5. The molecule has 2 saturated carbocycles. The Labute approximate surface area is 89.8 Å². The zero-order chi connectivity index (χ0) is 10.5. The molecule has 0 atom stereocenters. The molecule has 1 N–H and O–H groups in total. The maximum atomic E-state index is 11.4. The molecule has 1 saturated heterocycles. The van der Waals surface area contributed by atoms with Crippen LogP contribution < -0.4 is 0 Å². The minimum atomic E-state index is -0.572. The lowest BCUT2D eigenvalue weighted by molar-refractivity contribution is -0.201. The van der Waals surface area contributed by atoms with Gasteiger partial charge < -0.3 is 9.84 Å². The Hall–Kier alpha value is -0.570. The van der Waals surface area contributed by atoms with Gasteiger partial charge in [0.15, 0.2) is 0 Å². The summed E-state index contributed by atoms with van der Waals surface area (Å²) in [6.45, 7) is 1.40. The standard InChI is InChI=1S/C12H18O3/c13-10(14)11(5-6-11)12(7-15-8-12)9-3-1-2-4-9/h9H,1-8H2,(H,13,14). The molecule has 0 unspecified atom stereocenters. The third-order valence-corrected chi connectivity index (χ3v) is 4.97. The lowest BCUT2D eigenvalue weighted by atomic mass is 9.62. The number of carboxylic acid groups (broad SMARTS) is 1. The molecule has 0 amide bonds. The number of rotatable bonds is 3. The maximum absolute atomic E-state index is 11.4. The minimum absolute atomic E-state index is 0.00926. The van der Waals surface area contributed by atoms with Gasteiger partial charge in [0.25, 0.3) is 0 Å². The highest BCUT2D eigenvalue weighted by Gasteiger charge is 2.70. The lowest BCUT2D eigenvalue weighted by Gasteiger charge is -2.50. The van der Waals surface area contributed by atoms with E-state index >= 15 is 0 Å². The molecule has 0 aromatic rings. The van der Waals surface area contributed by atoms with Gasteiger partial charge >= 0.3 is 5.97 Å². The Kier molecular flexibility index (Phi) is 1.91. The van der Waals surface area contributed by atoms with Gasteiger partial charge in [0.1, 0.15) is 0 Å².